The van der Waals surface area contributed by atoms with Crippen LogP contribution in [0.4, 0.5) is 5.69 Å². The van der Waals surface area contributed by atoms with Gasteiger partial charge in [-0.3, -0.25) is 4.79 Å². The lowest BCUT2D eigenvalue weighted by Gasteiger charge is -2.17. The number of rotatable bonds is 4. The normalized spacial score (nSPS) is 24.4. The molecule has 0 aliphatic carbocycles. The minimum Gasteiger partial charge on any atom is -0.486 e. The lowest BCUT2D eigenvalue weighted by Crippen LogP contribution is -2.25. The molecule has 0 bridgehead atoms. The number of amides is 1. The molecule has 2 saturated heterocycles. The van der Waals surface area contributed by atoms with E-state index in [1.54, 1.807) is 0 Å². The quantitative estimate of drug-likeness (QED) is 0.890. The van der Waals surface area contributed by atoms with Crippen LogP contribution in [0.1, 0.15) is 12.8 Å². The Morgan fingerprint density at radius 3 is 2.90 bits per heavy atom. The van der Waals surface area contributed by atoms with Gasteiger partial charge in [0.15, 0.2) is 0 Å². The van der Waals surface area contributed by atoms with Crippen LogP contribution in [0.3, 0.4) is 0 Å². The van der Waals surface area contributed by atoms with Crippen molar-refractivity contribution in [1.82, 2.24) is 5.32 Å². The van der Waals surface area contributed by atoms with E-state index in [1.165, 1.54) is 0 Å². The summed E-state index contributed by atoms with van der Waals surface area (Å²) in [6, 6.07) is 7.59. The maximum absolute atomic E-state index is 12.2. The van der Waals surface area contributed by atoms with Gasteiger partial charge in [-0.05, 0) is 25.1 Å². The highest BCUT2D eigenvalue weighted by Crippen LogP contribution is 2.27. The molecule has 21 heavy (non-hydrogen) atoms. The van der Waals surface area contributed by atoms with E-state index < -0.39 is 0 Å². The molecule has 3 rings (SSSR count). The minimum absolute atomic E-state index is 0. The fourth-order valence-electron chi connectivity index (χ4n) is 2.57. The van der Waals surface area contributed by atoms with E-state index in [2.05, 4.69) is 10.6 Å². The van der Waals surface area contributed by atoms with Gasteiger partial charge in [-0.1, -0.05) is 12.1 Å². The van der Waals surface area contributed by atoms with Crippen LogP contribution >= 0.6 is 12.4 Å². The van der Waals surface area contributed by atoms with Gasteiger partial charge in [0.25, 0.3) is 0 Å². The van der Waals surface area contributed by atoms with Crippen molar-refractivity contribution < 1.29 is 14.3 Å². The van der Waals surface area contributed by atoms with Crippen LogP contribution in [0, 0.1) is 5.92 Å². The van der Waals surface area contributed by atoms with Gasteiger partial charge in [0.05, 0.1) is 24.8 Å². The molecule has 2 unspecified atom stereocenters. The molecular weight excluding hydrogens is 292 g/mol. The molecule has 5 nitrogen and oxygen atoms in total. The zero-order valence-corrected chi connectivity index (χ0v) is 12.7. The Hall–Kier alpha value is -1.30. The fourth-order valence-corrected chi connectivity index (χ4v) is 2.57. The highest BCUT2D eigenvalue weighted by atomic mass is 35.5. The van der Waals surface area contributed by atoms with E-state index in [-0.39, 0.29) is 30.3 Å². The molecule has 2 atom stereocenters. The number of nitrogens with one attached hydrogen (secondary N) is 2. The molecule has 0 aromatic heterocycles. The molecular formula is C15H21ClN2O3. The zero-order chi connectivity index (χ0) is 13.8. The van der Waals surface area contributed by atoms with Crippen LogP contribution in [-0.4, -0.2) is 38.3 Å². The summed E-state index contributed by atoms with van der Waals surface area (Å²) < 4.78 is 11.2. The van der Waals surface area contributed by atoms with Crippen molar-refractivity contribution in [2.75, 3.05) is 31.6 Å². The second-order valence-electron chi connectivity index (χ2n) is 5.28. The number of para-hydroxylation sites is 2. The maximum Gasteiger partial charge on any atom is 0.228 e. The predicted octanol–water partition coefficient (Wildman–Crippen LogP) is 1.82. The first-order valence-electron chi connectivity index (χ1n) is 7.18. The smallest absolute Gasteiger partial charge is 0.228 e. The molecule has 1 amide bonds. The van der Waals surface area contributed by atoms with Gasteiger partial charge in [0, 0.05) is 13.0 Å². The third kappa shape index (κ3) is 4.09. The summed E-state index contributed by atoms with van der Waals surface area (Å²) in [6.45, 7) is 3.03. The van der Waals surface area contributed by atoms with Gasteiger partial charge >= 0.3 is 0 Å². The van der Waals surface area contributed by atoms with Crippen LogP contribution in [0.25, 0.3) is 0 Å². The van der Waals surface area contributed by atoms with E-state index in [1.807, 2.05) is 24.3 Å². The molecule has 0 spiro atoms. The van der Waals surface area contributed by atoms with Crippen molar-refractivity contribution in [1.29, 1.82) is 0 Å². The largest absolute Gasteiger partial charge is 0.486 e. The van der Waals surface area contributed by atoms with Crippen molar-refractivity contribution in [2.45, 2.75) is 18.9 Å². The summed E-state index contributed by atoms with van der Waals surface area (Å²) in [5.74, 6) is 0.842. The summed E-state index contributed by atoms with van der Waals surface area (Å²) in [7, 11) is 0. The molecule has 116 valence electrons. The van der Waals surface area contributed by atoms with Crippen molar-refractivity contribution in [3.05, 3.63) is 24.3 Å². The molecule has 2 N–H and O–H groups in total. The van der Waals surface area contributed by atoms with E-state index in [0.29, 0.717) is 6.61 Å². The predicted molar refractivity (Wildman–Crippen MR) is 83.1 cm³/mol. The monoisotopic (exact) mass is 312 g/mol. The van der Waals surface area contributed by atoms with E-state index >= 15 is 0 Å². The maximum atomic E-state index is 12.2. The Bertz CT molecular complexity index is 472. The average molecular weight is 313 g/mol. The molecule has 2 heterocycles. The first-order valence-corrected chi connectivity index (χ1v) is 7.18. The molecule has 1 aromatic rings. The Morgan fingerprint density at radius 1 is 1.33 bits per heavy atom. The Labute approximate surface area is 130 Å². The Morgan fingerprint density at radius 2 is 2.19 bits per heavy atom. The number of ether oxygens (including phenoxy) is 2. The van der Waals surface area contributed by atoms with Gasteiger partial charge in [-0.15, -0.1) is 12.4 Å². The number of benzene rings is 1. The summed E-state index contributed by atoms with van der Waals surface area (Å²) in [5, 5.41) is 6.19. The first-order chi connectivity index (χ1) is 9.83. The summed E-state index contributed by atoms with van der Waals surface area (Å²) in [4.78, 5) is 12.2. The standard InChI is InChI=1S/C15H20N2O3.ClH/c18-15(11-5-7-16-9-11)17-13-3-1-2-4-14(13)20-12-6-8-19-10-12;/h1-4,11-12,16H,5-10H2,(H,17,18);1H. The second-order valence-corrected chi connectivity index (χ2v) is 5.28. The third-order valence-corrected chi connectivity index (χ3v) is 3.76. The fraction of sp³-hybridized carbons (Fsp3) is 0.533. The summed E-state index contributed by atoms with van der Waals surface area (Å²) in [6.07, 6.45) is 1.88. The molecule has 2 aliphatic heterocycles. The number of carbonyl (C=O) groups is 1. The van der Waals surface area contributed by atoms with Gasteiger partial charge in [0.1, 0.15) is 11.9 Å². The van der Waals surface area contributed by atoms with Crippen molar-refractivity contribution in [3.63, 3.8) is 0 Å². The van der Waals surface area contributed by atoms with Crippen LogP contribution in [0.15, 0.2) is 24.3 Å². The lowest BCUT2D eigenvalue weighted by molar-refractivity contribution is -0.119. The number of carbonyl (C=O) groups excluding carboxylic acids is 1. The Kier molecular flexibility index (Phi) is 5.85. The average Bonchev–Trinajstić information content (AvgIpc) is 3.13. The molecule has 2 fully saturated rings. The molecule has 0 saturated carbocycles. The topological polar surface area (TPSA) is 59.6 Å². The van der Waals surface area contributed by atoms with E-state index in [9.17, 15) is 4.79 Å². The van der Waals surface area contributed by atoms with Crippen molar-refractivity contribution in [3.8, 4) is 5.75 Å². The Balaban J connectivity index is 0.00000161. The lowest BCUT2D eigenvalue weighted by atomic mass is 10.1. The molecule has 1 aromatic carbocycles. The molecule has 6 heteroatoms. The van der Waals surface area contributed by atoms with Crippen LogP contribution < -0.4 is 15.4 Å². The van der Waals surface area contributed by atoms with Gasteiger partial charge in [-0.2, -0.15) is 0 Å². The summed E-state index contributed by atoms with van der Waals surface area (Å²) in [5.41, 5.74) is 0.747. The van der Waals surface area contributed by atoms with Crippen LogP contribution in [0.2, 0.25) is 0 Å². The number of anilines is 1. The highest BCUT2D eigenvalue weighted by Gasteiger charge is 2.24. The first kappa shape index (κ1) is 16.1. The number of hydrogen-bond acceptors (Lipinski definition) is 4. The minimum atomic E-state index is 0. The molecule has 0 radical (unpaired) electrons. The highest BCUT2D eigenvalue weighted by molar-refractivity contribution is 5.94. The van der Waals surface area contributed by atoms with Gasteiger partial charge in [-0.25, -0.2) is 0 Å². The summed E-state index contributed by atoms with van der Waals surface area (Å²) >= 11 is 0. The third-order valence-electron chi connectivity index (χ3n) is 3.76. The van der Waals surface area contributed by atoms with Gasteiger partial charge < -0.3 is 20.1 Å². The van der Waals surface area contributed by atoms with E-state index in [0.717, 1.165) is 44.0 Å². The van der Waals surface area contributed by atoms with Crippen molar-refractivity contribution in [2.24, 2.45) is 5.92 Å². The zero-order valence-electron chi connectivity index (χ0n) is 11.8. The second kappa shape index (κ2) is 7.64. The van der Waals surface area contributed by atoms with E-state index in [4.69, 9.17) is 9.47 Å². The van der Waals surface area contributed by atoms with Crippen LogP contribution in [-0.2, 0) is 9.53 Å². The SMILES string of the molecule is Cl.O=C(Nc1ccccc1OC1CCOC1)C1CCNC1. The van der Waals surface area contributed by atoms with Crippen LogP contribution in [0.5, 0.6) is 5.75 Å². The van der Waals surface area contributed by atoms with Gasteiger partial charge in [0.2, 0.25) is 5.91 Å². The number of hydrogen-bond donors (Lipinski definition) is 2. The number of halogens is 1. The van der Waals surface area contributed by atoms with Crippen molar-refractivity contribution >= 4 is 24.0 Å². The molecule has 2 aliphatic rings.